The molecule has 0 atom stereocenters. The van der Waals surface area contributed by atoms with Crippen molar-refractivity contribution in [2.45, 2.75) is 26.3 Å². The van der Waals surface area contributed by atoms with Crippen LogP contribution in [0, 0.1) is 0 Å². The van der Waals surface area contributed by atoms with Crippen LogP contribution in [-0.4, -0.2) is 59.5 Å². The highest BCUT2D eigenvalue weighted by Crippen LogP contribution is 2.13. The molecule has 0 fully saturated rings. The van der Waals surface area contributed by atoms with Crippen molar-refractivity contribution >= 4 is 11.9 Å². The maximum Gasteiger partial charge on any atom is 0.323 e. The average Bonchev–Trinajstić information content (AvgIpc) is 1.95. The van der Waals surface area contributed by atoms with Gasteiger partial charge in [-0.3, -0.25) is 9.59 Å². The van der Waals surface area contributed by atoms with Crippen LogP contribution in [0.3, 0.4) is 0 Å². The molecule has 15 heavy (non-hydrogen) atoms. The lowest BCUT2D eigenvalue weighted by atomic mass is 10.1. The van der Waals surface area contributed by atoms with E-state index in [0.29, 0.717) is 0 Å². The predicted molar refractivity (Wildman–Crippen MR) is 57.7 cm³/mol. The van der Waals surface area contributed by atoms with Crippen LogP contribution in [0.4, 0.5) is 0 Å². The molecular formula is C10H20N2O3. The first-order valence-corrected chi connectivity index (χ1v) is 4.81. The highest BCUT2D eigenvalue weighted by atomic mass is 16.4. The summed E-state index contributed by atoms with van der Waals surface area (Å²) in [4.78, 5) is 25.5. The second-order valence-corrected chi connectivity index (χ2v) is 4.78. The van der Waals surface area contributed by atoms with Gasteiger partial charge in [-0.05, 0) is 34.9 Å². The first-order chi connectivity index (χ1) is 6.64. The molecule has 1 N–H and O–H groups in total. The first kappa shape index (κ1) is 13.9. The zero-order chi connectivity index (χ0) is 12.2. The number of likely N-dealkylation sites (N-methyl/N-ethyl adjacent to an activating group) is 1. The minimum atomic E-state index is -0.989. The number of carboxylic acid groups (broad SMARTS) is 1. The molecule has 0 aliphatic heterocycles. The van der Waals surface area contributed by atoms with E-state index < -0.39 is 11.5 Å². The third-order valence-corrected chi connectivity index (χ3v) is 1.86. The Morgan fingerprint density at radius 2 is 1.60 bits per heavy atom. The number of carboxylic acids is 1. The largest absolute Gasteiger partial charge is 0.480 e. The van der Waals surface area contributed by atoms with Crippen molar-refractivity contribution in [1.29, 1.82) is 0 Å². The zero-order valence-electron chi connectivity index (χ0n) is 10.1. The standard InChI is InChI=1S/C10H20N2O3/c1-10(2,3)12(7-9(14)15)8(13)6-11(4)5/h6-7H2,1-5H3,(H,14,15). The summed E-state index contributed by atoms with van der Waals surface area (Å²) in [5, 5.41) is 8.72. The van der Waals surface area contributed by atoms with Crippen LogP contribution < -0.4 is 0 Å². The van der Waals surface area contributed by atoms with E-state index in [0.717, 1.165) is 0 Å². The SMILES string of the molecule is CN(C)CC(=O)N(CC(=O)O)C(C)(C)C. The molecule has 0 saturated carbocycles. The summed E-state index contributed by atoms with van der Waals surface area (Å²) >= 11 is 0. The van der Waals surface area contributed by atoms with Crippen molar-refractivity contribution in [3.8, 4) is 0 Å². The maximum absolute atomic E-state index is 11.8. The van der Waals surface area contributed by atoms with Gasteiger partial charge in [0.1, 0.15) is 6.54 Å². The van der Waals surface area contributed by atoms with Crippen molar-refractivity contribution in [3.63, 3.8) is 0 Å². The van der Waals surface area contributed by atoms with E-state index >= 15 is 0 Å². The molecule has 0 bridgehead atoms. The van der Waals surface area contributed by atoms with Gasteiger partial charge >= 0.3 is 5.97 Å². The summed E-state index contributed by atoms with van der Waals surface area (Å²) in [6.45, 7) is 5.44. The Balaban J connectivity index is 4.64. The van der Waals surface area contributed by atoms with E-state index in [1.165, 1.54) is 4.90 Å². The van der Waals surface area contributed by atoms with Crippen molar-refractivity contribution in [2.75, 3.05) is 27.2 Å². The Bertz CT molecular complexity index is 244. The van der Waals surface area contributed by atoms with Crippen LogP contribution in [0.25, 0.3) is 0 Å². The number of nitrogens with zero attached hydrogens (tertiary/aromatic N) is 2. The van der Waals surface area contributed by atoms with Gasteiger partial charge in [0.15, 0.2) is 0 Å². The van der Waals surface area contributed by atoms with Crippen LogP contribution in [0.1, 0.15) is 20.8 Å². The molecule has 0 spiro atoms. The molecule has 0 unspecified atom stereocenters. The third kappa shape index (κ3) is 5.37. The first-order valence-electron chi connectivity index (χ1n) is 4.81. The van der Waals surface area contributed by atoms with Gasteiger partial charge in [0, 0.05) is 5.54 Å². The average molecular weight is 216 g/mol. The fraction of sp³-hybridized carbons (Fsp3) is 0.800. The van der Waals surface area contributed by atoms with Gasteiger partial charge in [-0.15, -0.1) is 0 Å². The lowest BCUT2D eigenvalue weighted by molar-refractivity contribution is -0.148. The summed E-state index contributed by atoms with van der Waals surface area (Å²) in [5.41, 5.74) is -0.467. The fourth-order valence-corrected chi connectivity index (χ4v) is 1.19. The summed E-state index contributed by atoms with van der Waals surface area (Å²) in [6, 6.07) is 0. The maximum atomic E-state index is 11.8. The molecule has 0 aromatic rings. The quantitative estimate of drug-likeness (QED) is 0.732. The van der Waals surface area contributed by atoms with Gasteiger partial charge < -0.3 is 14.9 Å². The van der Waals surface area contributed by atoms with Crippen molar-refractivity contribution in [1.82, 2.24) is 9.80 Å². The summed E-state index contributed by atoms with van der Waals surface area (Å²) in [7, 11) is 3.55. The minimum Gasteiger partial charge on any atom is -0.480 e. The molecule has 0 rings (SSSR count). The Morgan fingerprint density at radius 1 is 1.13 bits per heavy atom. The minimum absolute atomic E-state index is 0.171. The monoisotopic (exact) mass is 216 g/mol. The van der Waals surface area contributed by atoms with Gasteiger partial charge in [-0.25, -0.2) is 0 Å². The molecule has 1 amide bonds. The lowest BCUT2D eigenvalue weighted by Gasteiger charge is -2.35. The molecule has 0 aliphatic rings. The molecule has 0 aliphatic carbocycles. The molecule has 0 saturated heterocycles. The van der Waals surface area contributed by atoms with Crippen LogP contribution in [0.15, 0.2) is 0 Å². The Hall–Kier alpha value is -1.10. The van der Waals surface area contributed by atoms with E-state index in [1.54, 1.807) is 19.0 Å². The highest BCUT2D eigenvalue weighted by Gasteiger charge is 2.28. The Morgan fingerprint density at radius 3 is 1.87 bits per heavy atom. The van der Waals surface area contributed by atoms with E-state index in [-0.39, 0.29) is 19.0 Å². The number of hydrogen-bond acceptors (Lipinski definition) is 3. The normalized spacial score (nSPS) is 11.6. The molecular weight excluding hydrogens is 196 g/mol. The van der Waals surface area contributed by atoms with E-state index in [9.17, 15) is 9.59 Å². The van der Waals surface area contributed by atoms with Gasteiger partial charge in [-0.1, -0.05) is 0 Å². The van der Waals surface area contributed by atoms with Crippen molar-refractivity contribution in [3.05, 3.63) is 0 Å². The number of aliphatic carboxylic acids is 1. The third-order valence-electron chi connectivity index (χ3n) is 1.86. The summed E-state index contributed by atoms with van der Waals surface area (Å²) in [5.74, 6) is -1.16. The molecule has 0 aromatic heterocycles. The van der Waals surface area contributed by atoms with Crippen LogP contribution in [0.2, 0.25) is 0 Å². The van der Waals surface area contributed by atoms with Crippen molar-refractivity contribution in [2.24, 2.45) is 0 Å². The fourth-order valence-electron chi connectivity index (χ4n) is 1.19. The second kappa shape index (κ2) is 5.11. The van der Waals surface area contributed by atoms with Gasteiger partial charge in [0.05, 0.1) is 6.54 Å². The molecule has 0 heterocycles. The van der Waals surface area contributed by atoms with E-state index in [2.05, 4.69) is 0 Å². The molecule has 0 aromatic carbocycles. The van der Waals surface area contributed by atoms with Gasteiger partial charge in [-0.2, -0.15) is 0 Å². The molecule has 5 nitrogen and oxygen atoms in total. The van der Waals surface area contributed by atoms with E-state index in [1.807, 2.05) is 20.8 Å². The Kier molecular flexibility index (Phi) is 4.74. The summed E-state index contributed by atoms with van der Waals surface area (Å²) < 4.78 is 0. The number of carbonyl (C=O) groups excluding carboxylic acids is 1. The molecule has 0 radical (unpaired) electrons. The second-order valence-electron chi connectivity index (χ2n) is 4.78. The number of amides is 1. The van der Waals surface area contributed by atoms with Gasteiger partial charge in [0.25, 0.3) is 0 Å². The predicted octanol–water partition coefficient (Wildman–Crippen LogP) is 0.260. The highest BCUT2D eigenvalue weighted by molar-refractivity contribution is 5.83. The zero-order valence-corrected chi connectivity index (χ0v) is 10.1. The number of rotatable bonds is 4. The molecule has 88 valence electrons. The van der Waals surface area contributed by atoms with E-state index in [4.69, 9.17) is 5.11 Å². The van der Waals surface area contributed by atoms with Crippen LogP contribution in [0.5, 0.6) is 0 Å². The van der Waals surface area contributed by atoms with Crippen LogP contribution in [-0.2, 0) is 9.59 Å². The molecule has 5 heteroatoms. The van der Waals surface area contributed by atoms with Crippen molar-refractivity contribution < 1.29 is 14.7 Å². The lowest BCUT2D eigenvalue weighted by Crippen LogP contribution is -2.50. The Labute approximate surface area is 90.7 Å². The topological polar surface area (TPSA) is 60.9 Å². The smallest absolute Gasteiger partial charge is 0.323 e. The number of hydrogen-bond donors (Lipinski definition) is 1. The van der Waals surface area contributed by atoms with Gasteiger partial charge in [0.2, 0.25) is 5.91 Å². The summed E-state index contributed by atoms with van der Waals surface area (Å²) in [6.07, 6.45) is 0. The van der Waals surface area contributed by atoms with Crippen LogP contribution >= 0.6 is 0 Å². The number of carbonyl (C=O) groups is 2.